The molecule has 33 heavy (non-hydrogen) atoms. The molecule has 0 rings (SSSR count). The van der Waals surface area contributed by atoms with Crippen molar-refractivity contribution >= 4 is 10.1 Å². The first kappa shape index (κ1) is 31.6. The van der Waals surface area contributed by atoms with Crippen LogP contribution in [0.15, 0.2) is 0 Å². The predicted molar refractivity (Wildman–Crippen MR) is 62.0 cm³/mol. The molecule has 3 nitrogen and oxygen atoms in total. The second-order valence-electron chi connectivity index (χ2n) is 5.95. The molecule has 0 aromatic rings. The summed E-state index contributed by atoms with van der Waals surface area (Å²) in [5, 5.41) is 0. The number of hydrogen-bond acceptors (Lipinski definition) is 2. The van der Waals surface area contributed by atoms with E-state index < -0.39 is 69.4 Å². The molecule has 0 unspecified atom stereocenters. The quantitative estimate of drug-likeness (QED) is 0.297. The Morgan fingerprint density at radius 1 is 0.424 bits per heavy atom. The Labute approximate surface area is 167 Å². The molecule has 0 aliphatic heterocycles. The summed E-state index contributed by atoms with van der Waals surface area (Å²) < 4.78 is 273. The number of rotatable bonds is 9. The van der Waals surface area contributed by atoms with Crippen molar-refractivity contribution < 1.29 is 96.4 Å². The summed E-state index contributed by atoms with van der Waals surface area (Å²) >= 11 is 0. The molecule has 0 fully saturated rings. The van der Waals surface area contributed by atoms with E-state index in [1.54, 1.807) is 0 Å². The monoisotopic (exact) mass is 564 g/mol. The Kier molecular flexibility index (Phi) is 7.21. The van der Waals surface area contributed by atoms with E-state index in [0.29, 0.717) is 0 Å². The minimum Gasteiger partial charge on any atom is -0.285 e. The van der Waals surface area contributed by atoms with Crippen LogP contribution >= 0.6 is 0 Å². The highest BCUT2D eigenvalue weighted by Gasteiger charge is 2.96. The third kappa shape index (κ3) is 4.26. The van der Waals surface area contributed by atoms with Crippen molar-refractivity contribution in [2.75, 3.05) is 5.75 Å². The fraction of sp³-hybridized carbons (Fsp3) is 1.00. The Morgan fingerprint density at radius 2 is 0.636 bits per heavy atom. The molecule has 0 aliphatic carbocycles. The zero-order chi connectivity index (χ0) is 27.7. The fourth-order valence-corrected chi connectivity index (χ4v) is 2.35. The van der Waals surface area contributed by atoms with Gasteiger partial charge in [0.1, 0.15) is 5.75 Å². The SMILES string of the molecule is O=S(=O)(O)CC(F)(F)C(F)(F)C(F)(F)C(F)(F)C(F)(F)C(F)(F)C(F)(F)C(F)(F)C(F)(F)F. The topological polar surface area (TPSA) is 54.4 Å². The molecule has 0 saturated heterocycles. The summed E-state index contributed by atoms with van der Waals surface area (Å²) in [6.07, 6.45) is -7.97. The molecule has 0 aliphatic rings. The highest BCUT2D eigenvalue weighted by molar-refractivity contribution is 7.85. The van der Waals surface area contributed by atoms with Gasteiger partial charge in [-0.3, -0.25) is 4.55 Å². The lowest BCUT2D eigenvalue weighted by atomic mass is 9.87. The summed E-state index contributed by atoms with van der Waals surface area (Å²) in [4.78, 5) is 0. The van der Waals surface area contributed by atoms with Gasteiger partial charge in [-0.25, -0.2) is 0 Å². The summed E-state index contributed by atoms with van der Waals surface area (Å²) in [6, 6.07) is 0. The molecule has 0 spiro atoms. The highest BCUT2D eigenvalue weighted by atomic mass is 32.2. The Balaban J connectivity index is 6.95. The molecule has 0 amide bonds. The Morgan fingerprint density at radius 3 is 0.848 bits per heavy atom. The summed E-state index contributed by atoms with van der Waals surface area (Å²) in [7, 11) is -6.58. The van der Waals surface area contributed by atoms with E-state index in [4.69, 9.17) is 4.55 Å². The lowest BCUT2D eigenvalue weighted by Gasteiger charge is -2.43. The van der Waals surface area contributed by atoms with Crippen molar-refractivity contribution in [1.82, 2.24) is 0 Å². The van der Waals surface area contributed by atoms with Gasteiger partial charge in [-0.2, -0.15) is 91.8 Å². The average Bonchev–Trinajstić information content (AvgIpc) is 2.49. The van der Waals surface area contributed by atoms with Gasteiger partial charge in [0, 0.05) is 0 Å². The van der Waals surface area contributed by atoms with Crippen molar-refractivity contribution in [1.29, 1.82) is 0 Å². The van der Waals surface area contributed by atoms with Crippen LogP contribution in [0.4, 0.5) is 83.4 Å². The maximum Gasteiger partial charge on any atom is 0.460 e. The predicted octanol–water partition coefficient (Wildman–Crippen LogP) is 5.52. The minimum absolute atomic E-state index is 4.00. The van der Waals surface area contributed by atoms with E-state index in [-0.39, 0.29) is 0 Å². The first-order valence-corrected chi connectivity index (χ1v) is 8.36. The number of halogens is 19. The molecule has 200 valence electrons. The second kappa shape index (κ2) is 7.54. The number of alkyl halides is 19. The van der Waals surface area contributed by atoms with E-state index in [9.17, 15) is 91.8 Å². The molecular weight excluding hydrogens is 561 g/mol. The van der Waals surface area contributed by atoms with Gasteiger partial charge in [0.05, 0.1) is 0 Å². The van der Waals surface area contributed by atoms with Gasteiger partial charge in [-0.15, -0.1) is 0 Å². The van der Waals surface area contributed by atoms with E-state index in [2.05, 4.69) is 0 Å². The van der Waals surface area contributed by atoms with Crippen LogP contribution in [-0.2, 0) is 10.1 Å². The van der Waals surface area contributed by atoms with Gasteiger partial charge in [-0.05, 0) is 0 Å². The first-order valence-electron chi connectivity index (χ1n) is 6.75. The maximum atomic E-state index is 13.3. The van der Waals surface area contributed by atoms with Crippen LogP contribution in [0.5, 0.6) is 0 Å². The van der Waals surface area contributed by atoms with Crippen LogP contribution in [0.1, 0.15) is 0 Å². The number of hydrogen-bond donors (Lipinski definition) is 1. The molecule has 0 aromatic carbocycles. The van der Waals surface area contributed by atoms with Gasteiger partial charge in [-0.1, -0.05) is 0 Å². The third-order valence-corrected chi connectivity index (χ3v) is 4.27. The van der Waals surface area contributed by atoms with Crippen LogP contribution in [0, 0.1) is 0 Å². The lowest BCUT2D eigenvalue weighted by molar-refractivity contribution is -0.468. The molecule has 0 heterocycles. The highest BCUT2D eigenvalue weighted by Crippen LogP contribution is 2.65. The molecular formula is C10H3F19O3S. The van der Waals surface area contributed by atoms with E-state index >= 15 is 0 Å². The Bertz CT molecular complexity index is 838. The molecule has 1 N–H and O–H groups in total. The molecule has 0 aromatic heterocycles. The summed E-state index contributed by atoms with van der Waals surface area (Å²) in [6.45, 7) is 0. The molecule has 0 atom stereocenters. The normalized spacial score (nSPS) is 16.8. The molecule has 0 saturated carbocycles. The van der Waals surface area contributed by atoms with Crippen molar-refractivity contribution in [3.05, 3.63) is 0 Å². The molecule has 0 radical (unpaired) electrons. The van der Waals surface area contributed by atoms with E-state index in [1.807, 2.05) is 0 Å². The van der Waals surface area contributed by atoms with Gasteiger partial charge >= 0.3 is 53.6 Å². The van der Waals surface area contributed by atoms with Crippen LogP contribution in [0.2, 0.25) is 0 Å². The second-order valence-corrected chi connectivity index (χ2v) is 7.40. The van der Waals surface area contributed by atoms with E-state index in [1.165, 1.54) is 0 Å². The first-order chi connectivity index (χ1) is 13.7. The van der Waals surface area contributed by atoms with Crippen molar-refractivity contribution in [3.8, 4) is 0 Å². The minimum atomic E-state index is -9.08. The van der Waals surface area contributed by atoms with Crippen molar-refractivity contribution in [2.45, 2.75) is 53.6 Å². The lowest BCUT2D eigenvalue weighted by Crippen LogP contribution is -2.76. The van der Waals surface area contributed by atoms with Crippen LogP contribution in [0.3, 0.4) is 0 Å². The van der Waals surface area contributed by atoms with Crippen molar-refractivity contribution in [2.24, 2.45) is 0 Å². The summed E-state index contributed by atoms with van der Waals surface area (Å²) in [5.41, 5.74) is 0. The zero-order valence-corrected chi connectivity index (χ0v) is 14.9. The largest absolute Gasteiger partial charge is 0.460 e. The van der Waals surface area contributed by atoms with Crippen LogP contribution in [0.25, 0.3) is 0 Å². The maximum absolute atomic E-state index is 13.3. The van der Waals surface area contributed by atoms with Crippen molar-refractivity contribution in [3.63, 3.8) is 0 Å². The smallest absolute Gasteiger partial charge is 0.285 e. The van der Waals surface area contributed by atoms with Gasteiger partial charge in [0.25, 0.3) is 10.1 Å². The third-order valence-electron chi connectivity index (χ3n) is 3.55. The molecule has 0 bridgehead atoms. The van der Waals surface area contributed by atoms with Gasteiger partial charge in [0.2, 0.25) is 0 Å². The van der Waals surface area contributed by atoms with Crippen LogP contribution < -0.4 is 0 Å². The molecule has 23 heteroatoms. The Hall–Kier alpha value is -1.42. The van der Waals surface area contributed by atoms with E-state index in [0.717, 1.165) is 0 Å². The average molecular weight is 564 g/mol. The van der Waals surface area contributed by atoms with Gasteiger partial charge < -0.3 is 0 Å². The standard InChI is InChI=1S/C10H3F19O3S/c11-2(12,1-33(30,31)32)3(13,14)4(15,16)5(17,18)6(19,20)7(21,22)8(23,24)9(25,26)10(27,28)29/h1H2,(H,30,31,32). The zero-order valence-electron chi connectivity index (χ0n) is 14.1. The van der Waals surface area contributed by atoms with Crippen LogP contribution in [-0.4, -0.2) is 72.3 Å². The van der Waals surface area contributed by atoms with Gasteiger partial charge in [0.15, 0.2) is 0 Å². The fourth-order valence-electron chi connectivity index (χ4n) is 1.71. The summed E-state index contributed by atoms with van der Waals surface area (Å²) in [5.74, 6) is -72.7.